The van der Waals surface area contributed by atoms with E-state index < -0.39 is 5.97 Å². The summed E-state index contributed by atoms with van der Waals surface area (Å²) in [6.07, 6.45) is 0. The van der Waals surface area contributed by atoms with Crippen LogP contribution in [0.3, 0.4) is 0 Å². The molecule has 0 saturated carbocycles. The Balaban J connectivity index is 1.92. The number of oxime groups is 1. The van der Waals surface area contributed by atoms with Gasteiger partial charge in [-0.05, 0) is 24.6 Å². The van der Waals surface area contributed by atoms with E-state index in [9.17, 15) is 9.59 Å². The minimum absolute atomic E-state index is 0.216. The molecule has 6 heteroatoms. The Morgan fingerprint density at radius 1 is 1.04 bits per heavy atom. The number of carbonyl (C=O) groups is 2. The lowest BCUT2D eigenvalue weighted by Gasteiger charge is -2.06. The standard InChI is InChI=1S/C19H15N3O3/c1-10-7-8-12-15(9-10)21-19(24)16(12)18-17(22-25-11(2)23)13-5-3-4-6-14(13)20-18/h3-9,20H,1-2H3,(H,21,24)/b18-16-,22-17-. The Bertz CT molecular complexity index is 989. The third-order valence-corrected chi connectivity index (χ3v) is 4.11. The number of carbonyl (C=O) groups excluding carboxylic acids is 2. The number of nitrogens with zero attached hydrogens (tertiary/aromatic N) is 1. The van der Waals surface area contributed by atoms with Crippen LogP contribution in [0.4, 0.5) is 11.4 Å². The minimum atomic E-state index is -0.520. The van der Waals surface area contributed by atoms with E-state index in [0.29, 0.717) is 17.0 Å². The first-order chi connectivity index (χ1) is 12.0. The maximum Gasteiger partial charge on any atom is 0.332 e. The average molecular weight is 333 g/mol. The van der Waals surface area contributed by atoms with Gasteiger partial charge in [0.05, 0.1) is 11.3 Å². The predicted octanol–water partition coefficient (Wildman–Crippen LogP) is 3.05. The Morgan fingerprint density at radius 2 is 1.84 bits per heavy atom. The topological polar surface area (TPSA) is 79.8 Å². The first-order valence-electron chi connectivity index (χ1n) is 7.83. The molecule has 124 valence electrons. The average Bonchev–Trinajstić information content (AvgIpc) is 3.08. The number of hydrogen-bond donors (Lipinski definition) is 2. The summed E-state index contributed by atoms with van der Waals surface area (Å²) in [5, 5.41) is 10.1. The van der Waals surface area contributed by atoms with Crippen molar-refractivity contribution in [1.29, 1.82) is 0 Å². The smallest absolute Gasteiger partial charge is 0.332 e. The molecule has 0 saturated heterocycles. The molecule has 2 aromatic carbocycles. The van der Waals surface area contributed by atoms with E-state index >= 15 is 0 Å². The van der Waals surface area contributed by atoms with Crippen molar-refractivity contribution >= 4 is 34.5 Å². The van der Waals surface area contributed by atoms with Crippen molar-refractivity contribution in [1.82, 2.24) is 0 Å². The molecule has 2 N–H and O–H groups in total. The number of hydrogen-bond acceptors (Lipinski definition) is 5. The van der Waals surface area contributed by atoms with Crippen molar-refractivity contribution in [2.75, 3.05) is 10.6 Å². The zero-order chi connectivity index (χ0) is 17.6. The van der Waals surface area contributed by atoms with Gasteiger partial charge in [0.15, 0.2) is 0 Å². The largest absolute Gasteiger partial charge is 0.352 e. The van der Waals surface area contributed by atoms with Gasteiger partial charge in [-0.15, -0.1) is 0 Å². The molecule has 0 bridgehead atoms. The predicted molar refractivity (Wildman–Crippen MR) is 95.1 cm³/mol. The van der Waals surface area contributed by atoms with Gasteiger partial charge in [0.2, 0.25) is 0 Å². The van der Waals surface area contributed by atoms with E-state index in [1.165, 1.54) is 6.92 Å². The first-order valence-corrected chi connectivity index (χ1v) is 7.83. The Kier molecular flexibility index (Phi) is 3.39. The van der Waals surface area contributed by atoms with Crippen molar-refractivity contribution in [2.45, 2.75) is 13.8 Å². The van der Waals surface area contributed by atoms with Crippen molar-refractivity contribution in [2.24, 2.45) is 5.16 Å². The fraction of sp³-hybridized carbons (Fsp3) is 0.105. The second-order valence-electron chi connectivity index (χ2n) is 5.95. The van der Waals surface area contributed by atoms with Crippen LogP contribution >= 0.6 is 0 Å². The van der Waals surface area contributed by atoms with Crippen LogP contribution in [-0.4, -0.2) is 17.6 Å². The van der Waals surface area contributed by atoms with E-state index in [1.807, 2.05) is 49.4 Å². The van der Waals surface area contributed by atoms with E-state index in [-0.39, 0.29) is 5.91 Å². The maximum absolute atomic E-state index is 12.6. The zero-order valence-corrected chi connectivity index (χ0v) is 13.7. The summed E-state index contributed by atoms with van der Waals surface area (Å²) in [6.45, 7) is 3.25. The number of para-hydroxylation sites is 1. The number of allylic oxidation sites excluding steroid dienone is 1. The molecular formula is C19H15N3O3. The highest BCUT2D eigenvalue weighted by atomic mass is 16.7. The van der Waals surface area contributed by atoms with Crippen LogP contribution in [0.15, 0.2) is 53.3 Å². The molecule has 25 heavy (non-hydrogen) atoms. The Hall–Kier alpha value is -3.41. The molecule has 0 atom stereocenters. The van der Waals surface area contributed by atoms with Gasteiger partial charge >= 0.3 is 5.97 Å². The SMILES string of the molecule is CC(=O)O/N=C1\C(=C2\C(=O)Nc3cc(C)ccc32)Nc2ccccc21. The van der Waals surface area contributed by atoms with Crippen molar-refractivity contribution in [3.8, 4) is 0 Å². The van der Waals surface area contributed by atoms with Crippen LogP contribution in [0.2, 0.25) is 0 Å². The van der Waals surface area contributed by atoms with Crippen LogP contribution in [0.5, 0.6) is 0 Å². The van der Waals surface area contributed by atoms with Gasteiger partial charge in [0, 0.05) is 29.4 Å². The highest BCUT2D eigenvalue weighted by Crippen LogP contribution is 2.39. The Labute approximate surface area is 144 Å². The molecule has 0 unspecified atom stereocenters. The first kappa shape index (κ1) is 15.1. The van der Waals surface area contributed by atoms with Gasteiger partial charge in [0.1, 0.15) is 5.71 Å². The van der Waals surface area contributed by atoms with E-state index in [2.05, 4.69) is 15.8 Å². The number of amides is 1. The van der Waals surface area contributed by atoms with Gasteiger partial charge in [-0.25, -0.2) is 4.79 Å². The van der Waals surface area contributed by atoms with Crippen LogP contribution in [-0.2, 0) is 14.4 Å². The molecule has 2 aliphatic rings. The van der Waals surface area contributed by atoms with Crippen molar-refractivity contribution in [3.05, 3.63) is 64.9 Å². The second-order valence-corrected chi connectivity index (χ2v) is 5.95. The molecule has 6 nitrogen and oxygen atoms in total. The molecule has 0 aliphatic carbocycles. The summed E-state index contributed by atoms with van der Waals surface area (Å²) in [6, 6.07) is 13.3. The summed E-state index contributed by atoms with van der Waals surface area (Å²) < 4.78 is 0. The van der Waals surface area contributed by atoms with Crippen LogP contribution < -0.4 is 10.6 Å². The number of rotatable bonds is 1. The highest BCUT2D eigenvalue weighted by Gasteiger charge is 2.34. The molecule has 2 aliphatic heterocycles. The van der Waals surface area contributed by atoms with Crippen molar-refractivity contribution < 1.29 is 14.4 Å². The molecule has 0 fully saturated rings. The Morgan fingerprint density at radius 3 is 2.64 bits per heavy atom. The zero-order valence-electron chi connectivity index (χ0n) is 13.7. The lowest BCUT2D eigenvalue weighted by molar-refractivity contribution is -0.140. The lowest BCUT2D eigenvalue weighted by Crippen LogP contribution is -2.13. The molecule has 1 amide bonds. The number of aryl methyl sites for hydroxylation is 1. The summed E-state index contributed by atoms with van der Waals surface area (Å²) in [5.41, 5.74) is 5.65. The second kappa shape index (κ2) is 5.59. The van der Waals surface area contributed by atoms with Gasteiger partial charge in [0.25, 0.3) is 5.91 Å². The van der Waals surface area contributed by atoms with Crippen LogP contribution in [0.1, 0.15) is 23.6 Å². The number of fused-ring (bicyclic) bond motifs is 2. The molecular weight excluding hydrogens is 318 g/mol. The summed E-state index contributed by atoms with van der Waals surface area (Å²) in [5.74, 6) is -0.737. The summed E-state index contributed by atoms with van der Waals surface area (Å²) in [7, 11) is 0. The van der Waals surface area contributed by atoms with Crippen LogP contribution in [0, 0.1) is 6.92 Å². The third kappa shape index (κ3) is 2.48. The summed E-state index contributed by atoms with van der Waals surface area (Å²) in [4.78, 5) is 28.6. The normalized spacial score (nSPS) is 19.3. The fourth-order valence-electron chi connectivity index (χ4n) is 3.05. The van der Waals surface area contributed by atoms with Gasteiger partial charge in [-0.2, -0.15) is 0 Å². The summed E-state index contributed by atoms with van der Waals surface area (Å²) >= 11 is 0. The van der Waals surface area contributed by atoms with E-state index in [4.69, 9.17) is 4.84 Å². The van der Waals surface area contributed by atoms with Crippen molar-refractivity contribution in [3.63, 3.8) is 0 Å². The molecule has 4 rings (SSSR count). The molecule has 0 radical (unpaired) electrons. The fourth-order valence-corrected chi connectivity index (χ4v) is 3.05. The number of benzene rings is 2. The number of anilines is 2. The van der Waals surface area contributed by atoms with Gasteiger partial charge < -0.3 is 15.5 Å². The minimum Gasteiger partial charge on any atom is -0.352 e. The van der Waals surface area contributed by atoms with E-state index in [0.717, 1.165) is 28.1 Å². The van der Waals surface area contributed by atoms with Gasteiger partial charge in [-0.3, -0.25) is 4.79 Å². The molecule has 0 aromatic heterocycles. The highest BCUT2D eigenvalue weighted by molar-refractivity contribution is 6.39. The monoisotopic (exact) mass is 333 g/mol. The number of nitrogens with one attached hydrogen (secondary N) is 2. The van der Waals surface area contributed by atoms with E-state index in [1.54, 1.807) is 0 Å². The van der Waals surface area contributed by atoms with Gasteiger partial charge in [-0.1, -0.05) is 35.5 Å². The molecule has 2 heterocycles. The molecule has 0 spiro atoms. The lowest BCUT2D eigenvalue weighted by atomic mass is 10.0. The molecule has 2 aromatic rings. The quantitative estimate of drug-likeness (QED) is 0.477. The maximum atomic E-state index is 12.6. The van der Waals surface area contributed by atoms with Crippen LogP contribution in [0.25, 0.3) is 5.57 Å². The third-order valence-electron chi connectivity index (χ3n) is 4.11.